The van der Waals surface area contributed by atoms with Crippen LogP contribution >= 0.6 is 23.2 Å². The third kappa shape index (κ3) is 5.35. The number of urea groups is 1. The summed E-state index contributed by atoms with van der Waals surface area (Å²) in [7, 11) is 1.54. The fraction of sp³-hybridized carbons (Fsp3) is 0.235. The van der Waals surface area contributed by atoms with Gasteiger partial charge in [-0.05, 0) is 36.2 Å². The van der Waals surface area contributed by atoms with Gasteiger partial charge in [-0.1, -0.05) is 29.3 Å². The third-order valence-electron chi connectivity index (χ3n) is 3.38. The van der Waals surface area contributed by atoms with Crippen LogP contribution in [0.2, 0.25) is 10.0 Å². The normalized spacial score (nSPS) is 10.5. The summed E-state index contributed by atoms with van der Waals surface area (Å²) in [4.78, 5) is 13.3. The van der Waals surface area contributed by atoms with Crippen molar-refractivity contribution in [3.05, 3.63) is 69.2 Å². The van der Waals surface area contributed by atoms with Crippen LogP contribution in [-0.2, 0) is 13.0 Å². The van der Waals surface area contributed by atoms with Gasteiger partial charge in [-0.15, -0.1) is 0 Å². The Kier molecular flexibility index (Phi) is 6.40. The van der Waals surface area contributed by atoms with Crippen molar-refractivity contribution in [3.8, 4) is 0 Å². The molecule has 2 aromatic carbocycles. The third-order valence-corrected chi connectivity index (χ3v) is 3.82. The molecule has 3 nitrogen and oxygen atoms in total. The van der Waals surface area contributed by atoms with Crippen LogP contribution in [0, 0.1) is 11.6 Å². The molecular weight excluding hydrogens is 357 g/mol. The van der Waals surface area contributed by atoms with Crippen molar-refractivity contribution in [2.45, 2.75) is 13.0 Å². The van der Waals surface area contributed by atoms with Gasteiger partial charge in [0.25, 0.3) is 0 Å². The fourth-order valence-electron chi connectivity index (χ4n) is 2.18. The number of benzene rings is 2. The van der Waals surface area contributed by atoms with E-state index in [4.69, 9.17) is 23.2 Å². The monoisotopic (exact) mass is 372 g/mol. The summed E-state index contributed by atoms with van der Waals surface area (Å²) in [5.74, 6) is -1.33. The highest BCUT2D eigenvalue weighted by atomic mass is 35.5. The van der Waals surface area contributed by atoms with E-state index in [0.29, 0.717) is 23.0 Å². The van der Waals surface area contributed by atoms with E-state index >= 15 is 0 Å². The first-order chi connectivity index (χ1) is 11.3. The molecule has 0 fully saturated rings. The number of hydrogen-bond donors (Lipinski definition) is 1. The number of carbonyl (C=O) groups is 1. The SMILES string of the molecule is CN(Cc1ccc(F)cc1F)C(=O)NCCc1cc(Cl)cc(Cl)c1. The minimum Gasteiger partial charge on any atom is -0.338 e. The maximum absolute atomic E-state index is 13.6. The van der Waals surface area contributed by atoms with Crippen molar-refractivity contribution in [1.82, 2.24) is 10.2 Å². The van der Waals surface area contributed by atoms with Gasteiger partial charge in [-0.3, -0.25) is 0 Å². The Hall–Kier alpha value is -1.85. The smallest absolute Gasteiger partial charge is 0.317 e. The molecule has 7 heteroatoms. The molecule has 0 heterocycles. The second kappa shape index (κ2) is 8.31. The first kappa shape index (κ1) is 18.5. The lowest BCUT2D eigenvalue weighted by atomic mass is 10.1. The van der Waals surface area contributed by atoms with E-state index in [9.17, 15) is 13.6 Å². The van der Waals surface area contributed by atoms with Crippen LogP contribution in [0.25, 0.3) is 0 Å². The van der Waals surface area contributed by atoms with Gasteiger partial charge in [-0.2, -0.15) is 0 Å². The first-order valence-corrected chi connectivity index (χ1v) is 7.98. The summed E-state index contributed by atoms with van der Waals surface area (Å²) < 4.78 is 26.5. The molecule has 0 aliphatic heterocycles. The molecule has 128 valence electrons. The molecule has 1 N–H and O–H groups in total. The second-order valence-corrected chi connectivity index (χ2v) is 6.22. The molecule has 0 atom stereocenters. The quantitative estimate of drug-likeness (QED) is 0.813. The number of nitrogens with zero attached hydrogens (tertiary/aromatic N) is 1. The Morgan fingerprint density at radius 1 is 1.12 bits per heavy atom. The van der Waals surface area contributed by atoms with E-state index in [0.717, 1.165) is 17.7 Å². The number of carbonyl (C=O) groups excluding carboxylic acids is 1. The molecule has 2 rings (SSSR count). The largest absolute Gasteiger partial charge is 0.338 e. The van der Waals surface area contributed by atoms with Crippen LogP contribution < -0.4 is 5.32 Å². The van der Waals surface area contributed by atoms with E-state index in [1.165, 1.54) is 18.0 Å². The predicted octanol–water partition coefficient (Wildman–Crippen LogP) is 4.66. The average molecular weight is 373 g/mol. The molecule has 0 aliphatic carbocycles. The summed E-state index contributed by atoms with van der Waals surface area (Å²) >= 11 is 11.8. The van der Waals surface area contributed by atoms with E-state index in [2.05, 4.69) is 5.32 Å². The summed E-state index contributed by atoms with van der Waals surface area (Å²) in [6.07, 6.45) is 0.560. The fourth-order valence-corrected chi connectivity index (χ4v) is 2.75. The molecule has 2 amide bonds. The van der Waals surface area contributed by atoms with Crippen molar-refractivity contribution in [1.29, 1.82) is 0 Å². The zero-order valence-electron chi connectivity index (χ0n) is 13.0. The summed E-state index contributed by atoms with van der Waals surface area (Å²) in [5, 5.41) is 3.80. The summed E-state index contributed by atoms with van der Waals surface area (Å²) in [6, 6.07) is 8.11. The number of hydrogen-bond acceptors (Lipinski definition) is 1. The molecule has 0 saturated heterocycles. The average Bonchev–Trinajstić information content (AvgIpc) is 2.49. The van der Waals surface area contributed by atoms with Crippen molar-refractivity contribution >= 4 is 29.2 Å². The van der Waals surface area contributed by atoms with Crippen LogP contribution in [-0.4, -0.2) is 24.5 Å². The highest BCUT2D eigenvalue weighted by Crippen LogP contribution is 2.19. The zero-order valence-corrected chi connectivity index (χ0v) is 14.5. The van der Waals surface area contributed by atoms with Gasteiger partial charge in [0.15, 0.2) is 0 Å². The van der Waals surface area contributed by atoms with Gasteiger partial charge in [0, 0.05) is 41.8 Å². The number of amides is 2. The molecular formula is C17H16Cl2F2N2O. The van der Waals surface area contributed by atoms with Gasteiger partial charge < -0.3 is 10.2 Å². The van der Waals surface area contributed by atoms with E-state index in [1.807, 2.05) is 0 Å². The Labute approximate surface area is 149 Å². The number of rotatable bonds is 5. The van der Waals surface area contributed by atoms with E-state index in [1.54, 1.807) is 18.2 Å². The topological polar surface area (TPSA) is 32.3 Å². The molecule has 2 aromatic rings. The molecule has 0 radical (unpaired) electrons. The maximum Gasteiger partial charge on any atom is 0.317 e. The summed E-state index contributed by atoms with van der Waals surface area (Å²) in [6.45, 7) is 0.423. The van der Waals surface area contributed by atoms with Crippen LogP contribution in [0.4, 0.5) is 13.6 Å². The Bertz CT molecular complexity index is 720. The van der Waals surface area contributed by atoms with E-state index < -0.39 is 11.6 Å². The van der Waals surface area contributed by atoms with Crippen LogP contribution in [0.15, 0.2) is 36.4 Å². The maximum atomic E-state index is 13.6. The zero-order chi connectivity index (χ0) is 17.7. The molecule has 0 unspecified atom stereocenters. The highest BCUT2D eigenvalue weighted by Gasteiger charge is 2.12. The number of nitrogens with one attached hydrogen (secondary N) is 1. The van der Waals surface area contributed by atoms with Gasteiger partial charge >= 0.3 is 6.03 Å². The molecule has 0 saturated carbocycles. The van der Waals surface area contributed by atoms with Crippen molar-refractivity contribution in [2.24, 2.45) is 0 Å². The Morgan fingerprint density at radius 3 is 2.42 bits per heavy atom. The van der Waals surface area contributed by atoms with Crippen molar-refractivity contribution < 1.29 is 13.6 Å². The van der Waals surface area contributed by atoms with Crippen LogP contribution in [0.3, 0.4) is 0 Å². The van der Waals surface area contributed by atoms with Crippen molar-refractivity contribution in [3.63, 3.8) is 0 Å². The molecule has 0 bridgehead atoms. The standard InChI is InChI=1S/C17H16Cl2F2N2O/c1-23(10-12-2-3-15(20)9-16(12)21)17(24)22-5-4-11-6-13(18)8-14(19)7-11/h2-3,6-9H,4-5,10H2,1H3,(H,22,24). The highest BCUT2D eigenvalue weighted by molar-refractivity contribution is 6.34. The van der Waals surface area contributed by atoms with E-state index in [-0.39, 0.29) is 18.1 Å². The Balaban J connectivity index is 1.85. The lowest BCUT2D eigenvalue weighted by Gasteiger charge is -2.18. The van der Waals surface area contributed by atoms with Crippen molar-refractivity contribution in [2.75, 3.05) is 13.6 Å². The minimum atomic E-state index is -0.678. The number of halogens is 4. The summed E-state index contributed by atoms with van der Waals surface area (Å²) in [5.41, 5.74) is 1.15. The lowest BCUT2D eigenvalue weighted by molar-refractivity contribution is 0.206. The minimum absolute atomic E-state index is 0.0426. The molecule has 0 aromatic heterocycles. The lowest BCUT2D eigenvalue weighted by Crippen LogP contribution is -2.38. The van der Waals surface area contributed by atoms with Gasteiger partial charge in [-0.25, -0.2) is 13.6 Å². The predicted molar refractivity (Wildman–Crippen MR) is 91.4 cm³/mol. The van der Waals surface area contributed by atoms with Crippen LogP contribution in [0.5, 0.6) is 0 Å². The Morgan fingerprint density at radius 2 is 1.79 bits per heavy atom. The van der Waals surface area contributed by atoms with Gasteiger partial charge in [0.05, 0.1) is 0 Å². The van der Waals surface area contributed by atoms with Gasteiger partial charge in [0.1, 0.15) is 11.6 Å². The second-order valence-electron chi connectivity index (χ2n) is 5.35. The molecule has 24 heavy (non-hydrogen) atoms. The first-order valence-electron chi connectivity index (χ1n) is 7.23. The van der Waals surface area contributed by atoms with Gasteiger partial charge in [0.2, 0.25) is 0 Å². The van der Waals surface area contributed by atoms with Crippen LogP contribution in [0.1, 0.15) is 11.1 Å². The molecule has 0 aliphatic rings. The molecule has 0 spiro atoms.